The van der Waals surface area contributed by atoms with Gasteiger partial charge in [-0.05, 0) is 42.8 Å². The fourth-order valence-electron chi connectivity index (χ4n) is 3.84. The highest BCUT2D eigenvalue weighted by molar-refractivity contribution is 5.92. The first kappa shape index (κ1) is 18.8. The van der Waals surface area contributed by atoms with Crippen molar-refractivity contribution in [2.75, 3.05) is 61.5 Å². The van der Waals surface area contributed by atoms with Gasteiger partial charge in [0.2, 0.25) is 5.91 Å². The molecular weight excluding hydrogens is 352 g/mol. The van der Waals surface area contributed by atoms with Crippen LogP contribution in [0.3, 0.4) is 0 Å². The molecule has 148 valence electrons. The fraction of sp³-hybridized carbons (Fsp3) is 0.409. The van der Waals surface area contributed by atoms with Crippen molar-refractivity contribution in [2.24, 2.45) is 0 Å². The molecule has 0 spiro atoms. The topological polar surface area (TPSA) is 56.8 Å². The van der Waals surface area contributed by atoms with Gasteiger partial charge in [-0.1, -0.05) is 18.2 Å². The van der Waals surface area contributed by atoms with Crippen LogP contribution in [0.4, 0.5) is 17.1 Å². The number of amides is 1. The molecule has 2 aromatic carbocycles. The summed E-state index contributed by atoms with van der Waals surface area (Å²) in [5.41, 5.74) is 3.16. The number of morpholine rings is 1. The number of hydrogen-bond donors (Lipinski definition) is 2. The van der Waals surface area contributed by atoms with E-state index in [1.54, 1.807) is 0 Å². The first-order chi connectivity index (χ1) is 13.8. The third-order valence-electron chi connectivity index (χ3n) is 5.31. The molecule has 28 heavy (non-hydrogen) atoms. The van der Waals surface area contributed by atoms with E-state index in [4.69, 9.17) is 4.74 Å². The number of hydrogen-bond acceptors (Lipinski definition) is 5. The second-order valence-electron chi connectivity index (χ2n) is 7.43. The van der Waals surface area contributed by atoms with E-state index in [-0.39, 0.29) is 5.91 Å². The minimum absolute atomic E-state index is 0.0412. The second-order valence-corrected chi connectivity index (χ2v) is 7.43. The monoisotopic (exact) mass is 380 g/mol. The number of anilines is 3. The number of benzene rings is 2. The Morgan fingerprint density at radius 2 is 1.71 bits per heavy atom. The highest BCUT2D eigenvalue weighted by Crippen LogP contribution is 2.19. The molecule has 4 rings (SSSR count). The lowest BCUT2D eigenvalue weighted by atomic mass is 10.2. The first-order valence-electron chi connectivity index (χ1n) is 10.0. The molecule has 6 heteroatoms. The number of nitrogens with zero attached hydrogens (tertiary/aromatic N) is 2. The van der Waals surface area contributed by atoms with Crippen molar-refractivity contribution in [3.8, 4) is 0 Å². The molecule has 2 heterocycles. The Morgan fingerprint density at radius 3 is 2.46 bits per heavy atom. The average molecular weight is 380 g/mol. The molecule has 0 unspecified atom stereocenters. The van der Waals surface area contributed by atoms with E-state index in [0.717, 1.165) is 57.2 Å². The molecule has 0 aromatic heterocycles. The van der Waals surface area contributed by atoms with Gasteiger partial charge in [-0.3, -0.25) is 9.69 Å². The summed E-state index contributed by atoms with van der Waals surface area (Å²) in [6.07, 6.45) is 1.05. The van der Waals surface area contributed by atoms with Crippen LogP contribution < -0.4 is 15.5 Å². The standard InChI is InChI=1S/C22H28N4O2/c27-22(17-25-11-10-20(16-25)23-18-4-2-1-3-5-18)24-19-6-8-21(9-7-19)26-12-14-28-15-13-26/h1-9,20,23H,10-17H2,(H,24,27)/t20-/m0/s1. The molecule has 2 saturated heterocycles. The summed E-state index contributed by atoms with van der Waals surface area (Å²) in [6, 6.07) is 18.7. The predicted octanol–water partition coefficient (Wildman–Crippen LogP) is 2.65. The van der Waals surface area contributed by atoms with Gasteiger partial charge in [0, 0.05) is 49.3 Å². The summed E-state index contributed by atoms with van der Waals surface area (Å²) < 4.78 is 5.39. The van der Waals surface area contributed by atoms with Crippen LogP contribution >= 0.6 is 0 Å². The number of carbonyl (C=O) groups is 1. The van der Waals surface area contributed by atoms with E-state index in [1.165, 1.54) is 5.69 Å². The SMILES string of the molecule is O=C(CN1CC[C@H](Nc2ccccc2)C1)Nc1ccc(N2CCOCC2)cc1. The number of nitrogens with one attached hydrogen (secondary N) is 2. The van der Waals surface area contributed by atoms with E-state index < -0.39 is 0 Å². The van der Waals surface area contributed by atoms with Crippen molar-refractivity contribution in [2.45, 2.75) is 12.5 Å². The normalized spacial score (nSPS) is 20.1. The van der Waals surface area contributed by atoms with E-state index in [1.807, 2.05) is 30.3 Å². The smallest absolute Gasteiger partial charge is 0.238 e. The van der Waals surface area contributed by atoms with Gasteiger partial charge in [-0.25, -0.2) is 0 Å². The molecule has 1 atom stereocenters. The van der Waals surface area contributed by atoms with E-state index >= 15 is 0 Å². The predicted molar refractivity (Wildman–Crippen MR) is 113 cm³/mol. The molecule has 2 aromatic rings. The molecule has 2 aliphatic heterocycles. The number of rotatable bonds is 6. The fourth-order valence-corrected chi connectivity index (χ4v) is 3.84. The van der Waals surface area contributed by atoms with Crippen molar-refractivity contribution in [1.29, 1.82) is 0 Å². The van der Waals surface area contributed by atoms with Crippen LogP contribution in [0.5, 0.6) is 0 Å². The average Bonchev–Trinajstić information content (AvgIpc) is 3.16. The van der Waals surface area contributed by atoms with Gasteiger partial charge in [0.1, 0.15) is 0 Å². The Balaban J connectivity index is 1.23. The zero-order valence-corrected chi connectivity index (χ0v) is 16.1. The van der Waals surface area contributed by atoms with Crippen molar-refractivity contribution in [1.82, 2.24) is 4.90 Å². The van der Waals surface area contributed by atoms with Crippen LogP contribution in [0.25, 0.3) is 0 Å². The highest BCUT2D eigenvalue weighted by atomic mass is 16.5. The summed E-state index contributed by atoms with van der Waals surface area (Å²) in [4.78, 5) is 16.9. The van der Waals surface area contributed by atoms with Crippen LogP contribution in [0, 0.1) is 0 Å². The molecule has 1 amide bonds. The van der Waals surface area contributed by atoms with Gasteiger partial charge in [0.15, 0.2) is 0 Å². The van der Waals surface area contributed by atoms with Gasteiger partial charge < -0.3 is 20.3 Å². The minimum atomic E-state index is 0.0412. The number of ether oxygens (including phenoxy) is 1. The van der Waals surface area contributed by atoms with Gasteiger partial charge in [-0.15, -0.1) is 0 Å². The largest absolute Gasteiger partial charge is 0.381 e. The Labute approximate surface area is 166 Å². The highest BCUT2D eigenvalue weighted by Gasteiger charge is 2.24. The van der Waals surface area contributed by atoms with Crippen LogP contribution in [0.15, 0.2) is 54.6 Å². The minimum Gasteiger partial charge on any atom is -0.381 e. The Morgan fingerprint density at radius 1 is 0.964 bits per heavy atom. The van der Waals surface area contributed by atoms with Crippen LogP contribution in [-0.2, 0) is 9.53 Å². The molecule has 0 aliphatic carbocycles. The van der Waals surface area contributed by atoms with Gasteiger partial charge >= 0.3 is 0 Å². The van der Waals surface area contributed by atoms with Crippen molar-refractivity contribution >= 4 is 23.0 Å². The molecular formula is C22H28N4O2. The number of likely N-dealkylation sites (tertiary alicyclic amines) is 1. The maximum atomic E-state index is 12.4. The second kappa shape index (κ2) is 9.08. The Bertz CT molecular complexity index is 760. The quantitative estimate of drug-likeness (QED) is 0.807. The van der Waals surface area contributed by atoms with Crippen LogP contribution in [0.2, 0.25) is 0 Å². The summed E-state index contributed by atoms with van der Waals surface area (Å²) in [6.45, 7) is 5.63. The molecule has 0 radical (unpaired) electrons. The van der Waals surface area contributed by atoms with E-state index in [0.29, 0.717) is 12.6 Å². The van der Waals surface area contributed by atoms with Crippen molar-refractivity contribution < 1.29 is 9.53 Å². The maximum Gasteiger partial charge on any atom is 0.238 e. The van der Waals surface area contributed by atoms with Gasteiger partial charge in [0.25, 0.3) is 0 Å². The summed E-state index contributed by atoms with van der Waals surface area (Å²) in [5.74, 6) is 0.0412. The van der Waals surface area contributed by atoms with Gasteiger partial charge in [0.05, 0.1) is 19.8 Å². The zero-order valence-electron chi connectivity index (χ0n) is 16.1. The lowest BCUT2D eigenvalue weighted by Crippen LogP contribution is -2.36. The van der Waals surface area contributed by atoms with Crippen LogP contribution in [-0.4, -0.2) is 62.8 Å². The lowest BCUT2D eigenvalue weighted by Gasteiger charge is -2.28. The van der Waals surface area contributed by atoms with Crippen molar-refractivity contribution in [3.05, 3.63) is 54.6 Å². The summed E-state index contributed by atoms with van der Waals surface area (Å²) in [5, 5.41) is 6.56. The third-order valence-corrected chi connectivity index (χ3v) is 5.31. The summed E-state index contributed by atoms with van der Waals surface area (Å²) in [7, 11) is 0. The molecule has 6 nitrogen and oxygen atoms in total. The van der Waals surface area contributed by atoms with E-state index in [9.17, 15) is 4.79 Å². The zero-order chi connectivity index (χ0) is 19.2. The summed E-state index contributed by atoms with van der Waals surface area (Å²) >= 11 is 0. The lowest BCUT2D eigenvalue weighted by molar-refractivity contribution is -0.117. The first-order valence-corrected chi connectivity index (χ1v) is 10.0. The molecule has 2 fully saturated rings. The number of para-hydroxylation sites is 1. The Hall–Kier alpha value is -2.57. The van der Waals surface area contributed by atoms with Gasteiger partial charge in [-0.2, -0.15) is 0 Å². The molecule has 2 N–H and O–H groups in total. The third kappa shape index (κ3) is 5.03. The maximum absolute atomic E-state index is 12.4. The Kier molecular flexibility index (Phi) is 6.09. The molecule has 0 bridgehead atoms. The molecule has 0 saturated carbocycles. The van der Waals surface area contributed by atoms with Crippen molar-refractivity contribution in [3.63, 3.8) is 0 Å². The van der Waals surface area contributed by atoms with Crippen LogP contribution in [0.1, 0.15) is 6.42 Å². The van der Waals surface area contributed by atoms with E-state index in [2.05, 4.69) is 44.7 Å². The number of carbonyl (C=O) groups excluding carboxylic acids is 1. The molecule has 2 aliphatic rings.